The summed E-state index contributed by atoms with van der Waals surface area (Å²) < 4.78 is 5.13. The van der Waals surface area contributed by atoms with Crippen LogP contribution in [0.1, 0.15) is 28.4 Å². The molecular weight excluding hydrogens is 338 g/mol. The molecule has 5 heteroatoms. The van der Waals surface area contributed by atoms with Crippen LogP contribution in [0.3, 0.4) is 0 Å². The number of esters is 1. The summed E-state index contributed by atoms with van der Waals surface area (Å²) in [5.41, 5.74) is 3.45. The predicted octanol–water partition coefficient (Wildman–Crippen LogP) is 4.35. The summed E-state index contributed by atoms with van der Waals surface area (Å²) in [4.78, 5) is 27.5. The standard InChI is InChI=1S/C20H18ClNO3/c1-2-14-4-3-5-16-17(11-22-20(14)16)18(23)12-25-19(24)10-13-6-8-15(21)9-7-13/h3-9,11,22H,2,10,12H2,1H3. The zero-order valence-electron chi connectivity index (χ0n) is 13.8. The Bertz CT molecular complexity index is 912. The molecule has 3 rings (SSSR count). The van der Waals surface area contributed by atoms with Gasteiger partial charge in [-0.15, -0.1) is 0 Å². The summed E-state index contributed by atoms with van der Waals surface area (Å²) in [5.74, 6) is -0.659. The van der Waals surface area contributed by atoms with Crippen molar-refractivity contribution in [1.29, 1.82) is 0 Å². The minimum absolute atomic E-state index is 0.109. The molecule has 128 valence electrons. The van der Waals surface area contributed by atoms with Crippen LogP contribution in [-0.4, -0.2) is 23.3 Å². The largest absolute Gasteiger partial charge is 0.457 e. The van der Waals surface area contributed by atoms with Crippen molar-refractivity contribution in [3.05, 3.63) is 70.4 Å². The van der Waals surface area contributed by atoms with Gasteiger partial charge in [0.05, 0.1) is 6.42 Å². The number of aromatic nitrogens is 1. The van der Waals surface area contributed by atoms with Gasteiger partial charge in [-0.3, -0.25) is 9.59 Å². The Balaban J connectivity index is 1.64. The molecule has 0 aliphatic rings. The van der Waals surface area contributed by atoms with Crippen LogP contribution >= 0.6 is 11.6 Å². The van der Waals surface area contributed by atoms with Gasteiger partial charge in [0.2, 0.25) is 5.78 Å². The van der Waals surface area contributed by atoms with Gasteiger partial charge in [-0.1, -0.05) is 48.9 Å². The molecule has 0 radical (unpaired) electrons. The Morgan fingerprint density at radius 2 is 1.88 bits per heavy atom. The Kier molecular flexibility index (Phi) is 5.19. The van der Waals surface area contributed by atoms with Crippen molar-refractivity contribution in [3.8, 4) is 0 Å². The zero-order valence-corrected chi connectivity index (χ0v) is 14.6. The van der Waals surface area contributed by atoms with E-state index in [-0.39, 0.29) is 18.8 Å². The molecule has 0 saturated heterocycles. The smallest absolute Gasteiger partial charge is 0.310 e. The molecule has 0 spiro atoms. The van der Waals surface area contributed by atoms with Crippen molar-refractivity contribution < 1.29 is 14.3 Å². The number of hydrogen-bond donors (Lipinski definition) is 1. The number of aromatic amines is 1. The van der Waals surface area contributed by atoms with Gasteiger partial charge >= 0.3 is 5.97 Å². The molecule has 0 atom stereocenters. The second kappa shape index (κ2) is 7.53. The van der Waals surface area contributed by atoms with Crippen LogP contribution < -0.4 is 0 Å². The van der Waals surface area contributed by atoms with E-state index < -0.39 is 5.97 Å². The highest BCUT2D eigenvalue weighted by Crippen LogP contribution is 2.22. The van der Waals surface area contributed by atoms with Crippen LogP contribution in [0.2, 0.25) is 5.02 Å². The number of hydrogen-bond acceptors (Lipinski definition) is 3. The van der Waals surface area contributed by atoms with Gasteiger partial charge in [-0.05, 0) is 29.7 Å². The molecule has 4 nitrogen and oxygen atoms in total. The highest BCUT2D eigenvalue weighted by atomic mass is 35.5. The molecule has 1 aromatic heterocycles. The average Bonchev–Trinajstić information content (AvgIpc) is 3.06. The lowest BCUT2D eigenvalue weighted by atomic mass is 10.1. The highest BCUT2D eigenvalue weighted by molar-refractivity contribution is 6.30. The molecule has 0 amide bonds. The number of H-pyrrole nitrogens is 1. The third-order valence-electron chi connectivity index (χ3n) is 4.11. The molecule has 0 bridgehead atoms. The van der Waals surface area contributed by atoms with Crippen LogP contribution in [-0.2, 0) is 22.4 Å². The minimum atomic E-state index is -0.440. The maximum absolute atomic E-state index is 12.4. The van der Waals surface area contributed by atoms with Gasteiger partial charge in [-0.2, -0.15) is 0 Å². The molecule has 1 heterocycles. The fraction of sp³-hybridized carbons (Fsp3) is 0.200. The zero-order chi connectivity index (χ0) is 17.8. The molecule has 25 heavy (non-hydrogen) atoms. The Labute approximate surface area is 150 Å². The van der Waals surface area contributed by atoms with E-state index >= 15 is 0 Å². The molecular formula is C20H18ClNO3. The Morgan fingerprint density at radius 3 is 2.60 bits per heavy atom. The fourth-order valence-corrected chi connectivity index (χ4v) is 2.91. The maximum Gasteiger partial charge on any atom is 0.310 e. The number of Topliss-reactive ketones (excluding diaryl/α,β-unsaturated/α-hetero) is 1. The SMILES string of the molecule is CCc1cccc2c(C(=O)COC(=O)Cc3ccc(Cl)cc3)c[nH]c12. The number of aryl methyl sites for hydroxylation is 1. The molecule has 0 saturated carbocycles. The summed E-state index contributed by atoms with van der Waals surface area (Å²) in [7, 11) is 0. The summed E-state index contributed by atoms with van der Waals surface area (Å²) in [6.07, 6.45) is 2.67. The lowest BCUT2D eigenvalue weighted by Crippen LogP contribution is -2.15. The first-order chi connectivity index (χ1) is 12.1. The fourth-order valence-electron chi connectivity index (χ4n) is 2.79. The van der Waals surface area contributed by atoms with E-state index in [1.54, 1.807) is 30.5 Å². The molecule has 0 aliphatic heterocycles. The van der Waals surface area contributed by atoms with Gasteiger partial charge in [0.1, 0.15) is 0 Å². The van der Waals surface area contributed by atoms with Gasteiger partial charge in [0, 0.05) is 27.7 Å². The summed E-state index contributed by atoms with van der Waals surface area (Å²) in [6, 6.07) is 12.8. The van der Waals surface area contributed by atoms with E-state index in [9.17, 15) is 9.59 Å². The van der Waals surface area contributed by atoms with Crippen LogP contribution in [0.4, 0.5) is 0 Å². The molecule has 2 aromatic carbocycles. The lowest BCUT2D eigenvalue weighted by molar-refractivity contribution is -0.141. The van der Waals surface area contributed by atoms with E-state index in [4.69, 9.17) is 16.3 Å². The first kappa shape index (κ1) is 17.2. The van der Waals surface area contributed by atoms with E-state index in [1.165, 1.54) is 0 Å². The normalized spacial score (nSPS) is 10.8. The third-order valence-corrected chi connectivity index (χ3v) is 4.36. The predicted molar refractivity (Wildman–Crippen MR) is 98.1 cm³/mol. The van der Waals surface area contributed by atoms with Crippen molar-refractivity contribution in [2.75, 3.05) is 6.61 Å². The second-order valence-electron chi connectivity index (χ2n) is 5.78. The van der Waals surface area contributed by atoms with Crippen LogP contribution in [0.25, 0.3) is 10.9 Å². The quantitative estimate of drug-likeness (QED) is 0.528. The molecule has 3 aromatic rings. The summed E-state index contributed by atoms with van der Waals surface area (Å²) >= 11 is 5.81. The van der Waals surface area contributed by atoms with E-state index in [0.29, 0.717) is 10.6 Å². The first-order valence-electron chi connectivity index (χ1n) is 8.10. The van der Waals surface area contributed by atoms with Crippen LogP contribution in [0.5, 0.6) is 0 Å². The first-order valence-corrected chi connectivity index (χ1v) is 8.48. The van der Waals surface area contributed by atoms with Crippen molar-refractivity contribution in [3.63, 3.8) is 0 Å². The van der Waals surface area contributed by atoms with Gasteiger partial charge in [0.15, 0.2) is 6.61 Å². The minimum Gasteiger partial charge on any atom is -0.457 e. The number of carbonyl (C=O) groups excluding carboxylic acids is 2. The van der Waals surface area contributed by atoms with E-state index in [2.05, 4.69) is 11.9 Å². The summed E-state index contributed by atoms with van der Waals surface area (Å²) in [6.45, 7) is 1.80. The average molecular weight is 356 g/mol. The molecule has 0 unspecified atom stereocenters. The van der Waals surface area contributed by atoms with Crippen molar-refractivity contribution >= 4 is 34.3 Å². The maximum atomic E-state index is 12.4. The molecule has 0 aliphatic carbocycles. The van der Waals surface area contributed by atoms with Crippen molar-refractivity contribution in [1.82, 2.24) is 4.98 Å². The van der Waals surface area contributed by atoms with Crippen LogP contribution in [0.15, 0.2) is 48.7 Å². The number of ether oxygens (including phenoxy) is 1. The number of halogens is 1. The number of fused-ring (bicyclic) bond motifs is 1. The van der Waals surface area contributed by atoms with Crippen molar-refractivity contribution in [2.45, 2.75) is 19.8 Å². The number of nitrogens with one attached hydrogen (secondary N) is 1. The summed E-state index contributed by atoms with van der Waals surface area (Å²) in [5, 5.41) is 1.47. The third kappa shape index (κ3) is 3.91. The van der Waals surface area contributed by atoms with Crippen molar-refractivity contribution in [2.24, 2.45) is 0 Å². The number of para-hydroxylation sites is 1. The van der Waals surface area contributed by atoms with Crippen LogP contribution in [0, 0.1) is 0 Å². The second-order valence-corrected chi connectivity index (χ2v) is 6.22. The number of ketones is 1. The van der Waals surface area contributed by atoms with E-state index in [1.807, 2.05) is 18.2 Å². The Morgan fingerprint density at radius 1 is 1.12 bits per heavy atom. The number of rotatable bonds is 6. The van der Waals surface area contributed by atoms with Gasteiger partial charge in [-0.25, -0.2) is 0 Å². The van der Waals surface area contributed by atoms with Gasteiger partial charge in [0.25, 0.3) is 0 Å². The molecule has 1 N–H and O–H groups in total. The lowest BCUT2D eigenvalue weighted by Gasteiger charge is -2.05. The monoisotopic (exact) mass is 355 g/mol. The number of benzene rings is 2. The molecule has 0 fully saturated rings. The number of carbonyl (C=O) groups is 2. The highest BCUT2D eigenvalue weighted by Gasteiger charge is 2.15. The topological polar surface area (TPSA) is 59.2 Å². The van der Waals surface area contributed by atoms with Gasteiger partial charge < -0.3 is 9.72 Å². The van der Waals surface area contributed by atoms with E-state index in [0.717, 1.165) is 28.5 Å². The Hall–Kier alpha value is -2.59.